The number of halogens is 3. The van der Waals surface area contributed by atoms with Crippen LogP contribution in [0.15, 0.2) is 59.8 Å². The fourth-order valence-corrected chi connectivity index (χ4v) is 5.33. The minimum atomic E-state index is -4.59. The molecule has 5 aromatic rings. The number of anilines is 2. The summed E-state index contributed by atoms with van der Waals surface area (Å²) >= 11 is 6.89. The van der Waals surface area contributed by atoms with Crippen LogP contribution < -0.4 is 15.2 Å². The summed E-state index contributed by atoms with van der Waals surface area (Å²) in [5.41, 5.74) is 8.19. The van der Waals surface area contributed by atoms with Crippen molar-refractivity contribution < 1.29 is 21.9 Å². The molecule has 0 unspecified atom stereocenters. The molecule has 2 heterocycles. The van der Waals surface area contributed by atoms with Gasteiger partial charge in [0.25, 0.3) is 10.0 Å². The average molecular weight is 535 g/mol. The number of hydrogen-bond donors (Lipinski definition) is 3. The molecule has 9 nitrogen and oxygen atoms in total. The molecule has 5 rings (SSSR count). The molecule has 0 atom stereocenters. The second-order valence-corrected chi connectivity index (χ2v) is 10.0. The fourth-order valence-electron chi connectivity index (χ4n) is 3.37. The molecule has 2 aromatic heterocycles. The first-order valence-electron chi connectivity index (χ1n) is 9.71. The van der Waals surface area contributed by atoms with E-state index in [9.17, 15) is 17.2 Å². The molecule has 0 radical (unpaired) electrons. The van der Waals surface area contributed by atoms with Crippen LogP contribution in [0.1, 0.15) is 0 Å². The number of nitrogens with one attached hydrogen (secondary N) is 2. The van der Waals surface area contributed by atoms with E-state index in [2.05, 4.69) is 19.3 Å². The number of fused-ring (bicyclic) bond motifs is 1. The zero-order chi connectivity index (χ0) is 24.7. The van der Waals surface area contributed by atoms with Gasteiger partial charge < -0.3 is 15.5 Å². The lowest BCUT2D eigenvalue weighted by Gasteiger charge is -2.14. The first-order valence-corrected chi connectivity index (χ1v) is 12.3. The van der Waals surface area contributed by atoms with Gasteiger partial charge in [-0.1, -0.05) is 17.7 Å². The maximum atomic E-state index is 14.8. The van der Waals surface area contributed by atoms with Gasteiger partial charge in [0.2, 0.25) is 5.13 Å². The molecule has 0 spiro atoms. The van der Waals surface area contributed by atoms with Gasteiger partial charge in [-0.2, -0.15) is 4.37 Å². The average Bonchev–Trinajstić information content (AvgIpc) is 3.41. The third-order valence-corrected chi connectivity index (χ3v) is 7.14. The van der Waals surface area contributed by atoms with E-state index in [0.717, 1.165) is 35.5 Å². The van der Waals surface area contributed by atoms with Crippen molar-refractivity contribution in [1.82, 2.24) is 19.3 Å². The molecule has 14 heteroatoms. The fraction of sp³-hybridized carbons (Fsp3) is 0. The number of hydrogen-bond acceptors (Lipinski definition) is 8. The van der Waals surface area contributed by atoms with Gasteiger partial charge in [-0.3, -0.25) is 4.72 Å². The third kappa shape index (κ3) is 4.60. The highest BCUT2D eigenvalue weighted by Crippen LogP contribution is 2.37. The van der Waals surface area contributed by atoms with E-state index in [-0.39, 0.29) is 22.6 Å². The van der Waals surface area contributed by atoms with Crippen LogP contribution in [0.4, 0.5) is 19.9 Å². The normalized spacial score (nSPS) is 11.6. The number of nitrogens with two attached hydrogens (primary N) is 1. The van der Waals surface area contributed by atoms with Gasteiger partial charge in [-0.15, -0.1) is 0 Å². The number of H-pyrrole nitrogens is 1. The number of benzene rings is 3. The minimum Gasteiger partial charge on any atom is -0.457 e. The second-order valence-electron chi connectivity index (χ2n) is 7.16. The first kappa shape index (κ1) is 23.0. The van der Waals surface area contributed by atoms with Gasteiger partial charge in [0, 0.05) is 34.3 Å². The summed E-state index contributed by atoms with van der Waals surface area (Å²) in [6.07, 6.45) is 1.11. The summed E-state index contributed by atoms with van der Waals surface area (Å²) in [5, 5.41) is 0.265. The lowest BCUT2D eigenvalue weighted by atomic mass is 10.0. The zero-order valence-corrected chi connectivity index (χ0v) is 19.7. The number of aromatic amines is 1. The van der Waals surface area contributed by atoms with Crippen molar-refractivity contribution in [3.8, 4) is 22.6 Å². The number of aromatic nitrogens is 4. The van der Waals surface area contributed by atoms with Crippen molar-refractivity contribution in [2.24, 2.45) is 0 Å². The third-order valence-electron chi connectivity index (χ3n) is 4.81. The Morgan fingerprint density at radius 3 is 2.57 bits per heavy atom. The van der Waals surface area contributed by atoms with E-state index in [1.165, 1.54) is 6.07 Å². The Labute approximate surface area is 205 Å². The molecular weight excluding hydrogens is 522 g/mol. The van der Waals surface area contributed by atoms with Crippen molar-refractivity contribution in [3.05, 3.63) is 71.5 Å². The quantitative estimate of drug-likeness (QED) is 0.273. The molecule has 0 amide bonds. The molecule has 0 saturated heterocycles. The monoisotopic (exact) mass is 534 g/mol. The SMILES string of the molecule is Nc1nc2cc(-c3cc(Cl)ccc3Oc3cc(F)c(S(=O)(=O)Nc4ncns4)c(F)c3)ccc2[nH]1. The topological polar surface area (TPSA) is 136 Å². The van der Waals surface area contributed by atoms with E-state index in [1.807, 2.05) is 4.72 Å². The maximum Gasteiger partial charge on any atom is 0.269 e. The number of ether oxygens (including phenoxy) is 1. The zero-order valence-electron chi connectivity index (χ0n) is 17.3. The van der Waals surface area contributed by atoms with E-state index < -0.39 is 26.6 Å². The van der Waals surface area contributed by atoms with Gasteiger partial charge in [-0.05, 0) is 35.9 Å². The predicted octanol–water partition coefficient (Wildman–Crippen LogP) is 5.19. The Kier molecular flexibility index (Phi) is 5.75. The standard InChI is InChI=1S/C21H13ClF2N6O3S2/c22-11-2-4-18(13(6-11)10-1-3-16-17(5-10)29-20(25)28-16)33-12-7-14(23)19(15(24)8-12)35(31,32)30-21-26-9-27-34-21/h1-9H,(H3,25,28,29)(H,26,27,30). The number of rotatable bonds is 6. The van der Waals surface area contributed by atoms with Crippen molar-refractivity contribution in [2.45, 2.75) is 4.90 Å². The molecule has 0 aliphatic carbocycles. The number of nitrogens with zero attached hydrogens (tertiary/aromatic N) is 3. The van der Waals surface area contributed by atoms with Crippen molar-refractivity contribution >= 4 is 55.3 Å². The molecule has 3 aromatic carbocycles. The Bertz CT molecular complexity index is 1650. The molecule has 35 heavy (non-hydrogen) atoms. The highest BCUT2D eigenvalue weighted by molar-refractivity contribution is 7.93. The highest BCUT2D eigenvalue weighted by atomic mass is 35.5. The molecular formula is C21H13ClF2N6O3S2. The van der Waals surface area contributed by atoms with Gasteiger partial charge in [0.1, 0.15) is 29.5 Å². The molecule has 0 aliphatic heterocycles. The predicted molar refractivity (Wildman–Crippen MR) is 128 cm³/mol. The first-order chi connectivity index (χ1) is 16.7. The van der Waals surface area contributed by atoms with Crippen molar-refractivity contribution in [2.75, 3.05) is 10.5 Å². The van der Waals surface area contributed by atoms with Crippen LogP contribution in [-0.2, 0) is 10.0 Å². The number of imidazole rings is 1. The Balaban J connectivity index is 1.51. The molecule has 0 fully saturated rings. The smallest absolute Gasteiger partial charge is 0.269 e. The van der Waals surface area contributed by atoms with Crippen LogP contribution in [0.3, 0.4) is 0 Å². The molecule has 178 valence electrons. The largest absolute Gasteiger partial charge is 0.457 e. The summed E-state index contributed by atoms with van der Waals surface area (Å²) in [6.45, 7) is 0. The van der Waals surface area contributed by atoms with Crippen LogP contribution >= 0.6 is 23.1 Å². The van der Waals surface area contributed by atoms with Gasteiger partial charge in [0.15, 0.2) is 10.8 Å². The second kappa shape index (κ2) is 8.76. The lowest BCUT2D eigenvalue weighted by Crippen LogP contribution is -2.16. The molecule has 0 bridgehead atoms. The highest BCUT2D eigenvalue weighted by Gasteiger charge is 2.27. The Morgan fingerprint density at radius 2 is 1.86 bits per heavy atom. The minimum absolute atomic E-state index is 0.134. The molecule has 0 aliphatic rings. The van der Waals surface area contributed by atoms with Crippen molar-refractivity contribution in [3.63, 3.8) is 0 Å². The summed E-state index contributed by atoms with van der Waals surface area (Å²) in [4.78, 5) is 9.59. The van der Waals surface area contributed by atoms with Crippen LogP contribution in [0.25, 0.3) is 22.2 Å². The van der Waals surface area contributed by atoms with Crippen LogP contribution in [0.5, 0.6) is 11.5 Å². The summed E-state index contributed by atoms with van der Waals surface area (Å²) in [7, 11) is -4.59. The molecule has 0 saturated carbocycles. The van der Waals surface area contributed by atoms with Crippen molar-refractivity contribution in [1.29, 1.82) is 0 Å². The van der Waals surface area contributed by atoms with Crippen LogP contribution in [-0.4, -0.2) is 27.7 Å². The van der Waals surface area contributed by atoms with Gasteiger partial charge in [-0.25, -0.2) is 27.2 Å². The summed E-state index contributed by atoms with van der Waals surface area (Å²) in [5.74, 6) is -2.48. The Hall–Kier alpha value is -3.81. The van der Waals surface area contributed by atoms with Gasteiger partial charge in [0.05, 0.1) is 11.0 Å². The maximum absolute atomic E-state index is 14.8. The van der Waals surface area contributed by atoms with Crippen LogP contribution in [0, 0.1) is 11.6 Å². The Morgan fingerprint density at radius 1 is 1.09 bits per heavy atom. The molecule has 4 N–H and O–H groups in total. The number of nitrogen functional groups attached to an aromatic ring is 1. The van der Waals surface area contributed by atoms with E-state index in [0.29, 0.717) is 21.7 Å². The van der Waals surface area contributed by atoms with Crippen LogP contribution in [0.2, 0.25) is 5.02 Å². The number of sulfonamides is 1. The van der Waals surface area contributed by atoms with E-state index in [4.69, 9.17) is 22.1 Å². The summed E-state index contributed by atoms with van der Waals surface area (Å²) < 4.78 is 65.9. The summed E-state index contributed by atoms with van der Waals surface area (Å²) in [6, 6.07) is 11.5. The van der Waals surface area contributed by atoms with Gasteiger partial charge >= 0.3 is 0 Å². The lowest BCUT2D eigenvalue weighted by molar-refractivity contribution is 0.458. The van der Waals surface area contributed by atoms with E-state index in [1.54, 1.807) is 30.3 Å². The van der Waals surface area contributed by atoms with E-state index >= 15 is 0 Å².